The van der Waals surface area contributed by atoms with Gasteiger partial charge in [0.2, 0.25) is 0 Å². The standard InChI is InChI=1S/C29H24N2O4/c30-17-25-14-22(8-10-31-25)26-13-19(12-24-9-11-34-29(24)26)18-35-27-15-21(20-4-2-1-3-5-20)6-7-23(27)16-28(32)33/h1-15H,16-18,30H2,(H,32,33). The zero-order chi connectivity index (χ0) is 24.2. The minimum Gasteiger partial charge on any atom is -0.489 e. The minimum absolute atomic E-state index is 0.116. The van der Waals surface area contributed by atoms with E-state index in [1.165, 1.54) is 0 Å². The van der Waals surface area contributed by atoms with Gasteiger partial charge in [-0.25, -0.2) is 0 Å². The van der Waals surface area contributed by atoms with Crippen molar-refractivity contribution in [3.05, 3.63) is 108 Å². The van der Waals surface area contributed by atoms with Gasteiger partial charge in [-0.15, -0.1) is 0 Å². The average Bonchev–Trinajstić information content (AvgIpc) is 3.36. The summed E-state index contributed by atoms with van der Waals surface area (Å²) in [7, 11) is 0. The predicted octanol–water partition coefficient (Wildman–Crippen LogP) is 5.83. The summed E-state index contributed by atoms with van der Waals surface area (Å²) < 4.78 is 12.0. The molecular weight excluding hydrogens is 440 g/mol. The predicted molar refractivity (Wildman–Crippen MR) is 135 cm³/mol. The van der Waals surface area contributed by atoms with Gasteiger partial charge in [-0.3, -0.25) is 9.78 Å². The number of carbonyl (C=O) groups is 1. The van der Waals surface area contributed by atoms with E-state index in [1.54, 1.807) is 12.5 Å². The summed E-state index contributed by atoms with van der Waals surface area (Å²) >= 11 is 0. The van der Waals surface area contributed by atoms with Crippen LogP contribution in [-0.2, 0) is 24.4 Å². The molecule has 5 aromatic rings. The molecule has 0 aliphatic rings. The number of carboxylic acid groups (broad SMARTS) is 1. The van der Waals surface area contributed by atoms with Crippen molar-refractivity contribution in [2.75, 3.05) is 0 Å². The van der Waals surface area contributed by atoms with Crippen LogP contribution < -0.4 is 10.5 Å². The number of aliphatic carboxylic acids is 1. The van der Waals surface area contributed by atoms with Crippen molar-refractivity contribution in [3.63, 3.8) is 0 Å². The number of hydrogen-bond acceptors (Lipinski definition) is 5. The Balaban J connectivity index is 1.49. The van der Waals surface area contributed by atoms with E-state index in [0.717, 1.165) is 44.5 Å². The number of hydrogen-bond donors (Lipinski definition) is 2. The summed E-state index contributed by atoms with van der Waals surface area (Å²) in [5, 5.41) is 10.3. The van der Waals surface area contributed by atoms with Crippen LogP contribution in [0.2, 0.25) is 0 Å². The number of pyridine rings is 1. The first-order valence-corrected chi connectivity index (χ1v) is 11.3. The molecule has 2 heterocycles. The molecule has 6 nitrogen and oxygen atoms in total. The third-order valence-corrected chi connectivity index (χ3v) is 5.86. The summed E-state index contributed by atoms with van der Waals surface area (Å²) in [5.41, 5.74) is 12.8. The van der Waals surface area contributed by atoms with Crippen molar-refractivity contribution in [2.24, 2.45) is 5.73 Å². The first-order chi connectivity index (χ1) is 17.1. The molecular formula is C29H24N2O4. The van der Waals surface area contributed by atoms with Crippen LogP contribution >= 0.6 is 0 Å². The summed E-state index contributed by atoms with van der Waals surface area (Å²) in [4.78, 5) is 15.7. The van der Waals surface area contributed by atoms with Gasteiger partial charge in [-0.1, -0.05) is 42.5 Å². The molecule has 0 bridgehead atoms. The van der Waals surface area contributed by atoms with E-state index in [4.69, 9.17) is 14.9 Å². The number of aromatic nitrogens is 1. The van der Waals surface area contributed by atoms with Gasteiger partial charge < -0.3 is 20.0 Å². The first-order valence-electron chi connectivity index (χ1n) is 11.3. The maximum atomic E-state index is 11.4. The lowest BCUT2D eigenvalue weighted by molar-refractivity contribution is -0.136. The molecule has 0 amide bonds. The number of carboxylic acids is 1. The SMILES string of the molecule is NCc1cc(-c2cc(COc3cc(-c4ccccc4)ccc3CC(=O)O)cc3ccoc23)ccn1. The molecule has 3 aromatic carbocycles. The number of ether oxygens (including phenoxy) is 1. The lowest BCUT2D eigenvalue weighted by Crippen LogP contribution is -2.05. The summed E-state index contributed by atoms with van der Waals surface area (Å²) in [6, 6.07) is 25.4. The summed E-state index contributed by atoms with van der Waals surface area (Å²) in [5.74, 6) is -0.352. The highest BCUT2D eigenvalue weighted by Gasteiger charge is 2.14. The number of nitrogens with zero attached hydrogens (tertiary/aromatic N) is 1. The molecule has 0 fully saturated rings. The lowest BCUT2D eigenvalue weighted by atomic mass is 10.0. The fraction of sp³-hybridized carbons (Fsp3) is 0.103. The fourth-order valence-corrected chi connectivity index (χ4v) is 4.17. The van der Waals surface area contributed by atoms with Crippen LogP contribution in [0.25, 0.3) is 33.2 Å². The van der Waals surface area contributed by atoms with Crippen molar-refractivity contribution >= 4 is 16.9 Å². The van der Waals surface area contributed by atoms with Crippen LogP contribution in [0, 0.1) is 0 Å². The highest BCUT2D eigenvalue weighted by molar-refractivity contribution is 5.93. The Hall–Kier alpha value is -4.42. The second kappa shape index (κ2) is 9.83. The second-order valence-electron chi connectivity index (χ2n) is 8.27. The summed E-state index contributed by atoms with van der Waals surface area (Å²) in [6.45, 7) is 0.621. The number of fused-ring (bicyclic) bond motifs is 1. The van der Waals surface area contributed by atoms with E-state index < -0.39 is 5.97 Å². The second-order valence-corrected chi connectivity index (χ2v) is 8.27. The Morgan fingerprint density at radius 2 is 1.80 bits per heavy atom. The Labute approximate surface area is 202 Å². The van der Waals surface area contributed by atoms with E-state index in [1.807, 2.05) is 78.9 Å². The van der Waals surface area contributed by atoms with Gasteiger partial charge in [0.05, 0.1) is 18.4 Å². The normalized spacial score (nSPS) is 11.0. The average molecular weight is 465 g/mol. The smallest absolute Gasteiger partial charge is 0.307 e. The number of benzene rings is 3. The number of nitrogens with two attached hydrogens (primary N) is 1. The molecule has 2 aromatic heterocycles. The van der Waals surface area contributed by atoms with E-state index >= 15 is 0 Å². The van der Waals surface area contributed by atoms with E-state index in [2.05, 4.69) is 4.98 Å². The zero-order valence-corrected chi connectivity index (χ0v) is 19.0. The summed E-state index contributed by atoms with van der Waals surface area (Å²) in [6.07, 6.45) is 3.29. The Bertz CT molecular complexity index is 1490. The molecule has 0 unspecified atom stereocenters. The van der Waals surface area contributed by atoms with E-state index in [-0.39, 0.29) is 13.0 Å². The minimum atomic E-state index is -0.905. The Morgan fingerprint density at radius 1 is 0.943 bits per heavy atom. The van der Waals surface area contributed by atoms with Crippen LogP contribution in [0.5, 0.6) is 5.75 Å². The fourth-order valence-electron chi connectivity index (χ4n) is 4.17. The van der Waals surface area contributed by atoms with Gasteiger partial charge in [0.1, 0.15) is 17.9 Å². The monoisotopic (exact) mass is 464 g/mol. The molecule has 35 heavy (non-hydrogen) atoms. The Morgan fingerprint density at radius 3 is 2.60 bits per heavy atom. The van der Waals surface area contributed by atoms with Crippen molar-refractivity contribution in [1.29, 1.82) is 0 Å². The maximum absolute atomic E-state index is 11.4. The molecule has 0 aliphatic carbocycles. The highest BCUT2D eigenvalue weighted by atomic mass is 16.5. The van der Waals surface area contributed by atoms with Crippen LogP contribution in [-0.4, -0.2) is 16.1 Å². The van der Waals surface area contributed by atoms with Crippen LogP contribution in [0.1, 0.15) is 16.8 Å². The maximum Gasteiger partial charge on any atom is 0.307 e. The molecule has 0 saturated heterocycles. The molecule has 0 aliphatic heterocycles. The highest BCUT2D eigenvalue weighted by Crippen LogP contribution is 2.33. The van der Waals surface area contributed by atoms with Gasteiger partial charge in [-0.2, -0.15) is 0 Å². The molecule has 0 spiro atoms. The third-order valence-electron chi connectivity index (χ3n) is 5.86. The topological polar surface area (TPSA) is 98.6 Å². The van der Waals surface area contributed by atoms with Crippen LogP contribution in [0.3, 0.4) is 0 Å². The van der Waals surface area contributed by atoms with Gasteiger partial charge in [0.25, 0.3) is 0 Å². The molecule has 0 atom stereocenters. The van der Waals surface area contributed by atoms with Gasteiger partial charge in [0.15, 0.2) is 0 Å². The zero-order valence-electron chi connectivity index (χ0n) is 19.0. The lowest BCUT2D eigenvalue weighted by Gasteiger charge is -2.14. The third kappa shape index (κ3) is 4.93. The van der Waals surface area contributed by atoms with Crippen molar-refractivity contribution < 1.29 is 19.1 Å². The largest absolute Gasteiger partial charge is 0.489 e. The molecule has 5 rings (SSSR count). The van der Waals surface area contributed by atoms with E-state index in [9.17, 15) is 9.90 Å². The van der Waals surface area contributed by atoms with Gasteiger partial charge >= 0.3 is 5.97 Å². The first kappa shape index (κ1) is 22.4. The number of rotatable bonds is 8. The van der Waals surface area contributed by atoms with Crippen molar-refractivity contribution in [2.45, 2.75) is 19.6 Å². The molecule has 0 radical (unpaired) electrons. The van der Waals surface area contributed by atoms with Crippen molar-refractivity contribution in [3.8, 4) is 28.0 Å². The number of furan rings is 1. The van der Waals surface area contributed by atoms with Gasteiger partial charge in [-0.05, 0) is 58.7 Å². The van der Waals surface area contributed by atoms with Crippen molar-refractivity contribution in [1.82, 2.24) is 4.98 Å². The van der Waals surface area contributed by atoms with E-state index in [0.29, 0.717) is 17.9 Å². The van der Waals surface area contributed by atoms with Gasteiger partial charge in [0, 0.05) is 29.3 Å². The Kier molecular flexibility index (Phi) is 6.28. The quantitative estimate of drug-likeness (QED) is 0.300. The molecule has 3 N–H and O–H groups in total. The van der Waals surface area contributed by atoms with Crippen LogP contribution in [0.4, 0.5) is 0 Å². The van der Waals surface area contributed by atoms with Crippen LogP contribution in [0.15, 0.2) is 95.7 Å². The molecule has 6 heteroatoms. The molecule has 174 valence electrons. The molecule has 0 saturated carbocycles.